The lowest BCUT2D eigenvalue weighted by Gasteiger charge is -2.39. The fourth-order valence-electron chi connectivity index (χ4n) is 4.01. The van der Waals surface area contributed by atoms with E-state index in [2.05, 4.69) is 22.0 Å². The van der Waals surface area contributed by atoms with Gasteiger partial charge in [-0.15, -0.1) is 0 Å². The van der Waals surface area contributed by atoms with E-state index < -0.39 is 12.2 Å². The molecule has 0 bridgehead atoms. The average molecular weight is 342 g/mol. The monoisotopic (exact) mass is 342 g/mol. The van der Waals surface area contributed by atoms with Crippen molar-refractivity contribution in [2.45, 2.75) is 50.5 Å². The molecule has 0 unspecified atom stereocenters. The fraction of sp³-hybridized carbons (Fsp3) is 0.526. The third-order valence-electron chi connectivity index (χ3n) is 5.68. The smallest absolute Gasteiger partial charge is 0.272 e. The van der Waals surface area contributed by atoms with Crippen LogP contribution in [0.15, 0.2) is 29.9 Å². The van der Waals surface area contributed by atoms with Gasteiger partial charge in [0.05, 0.1) is 11.2 Å². The molecule has 3 aliphatic carbocycles. The summed E-state index contributed by atoms with van der Waals surface area (Å²) >= 11 is 0. The van der Waals surface area contributed by atoms with Crippen molar-refractivity contribution >= 4 is 11.7 Å². The van der Waals surface area contributed by atoms with Crippen LogP contribution in [-0.4, -0.2) is 33.7 Å². The number of carbonyl (C=O) groups excluding carboxylic acids is 1. The highest BCUT2D eigenvalue weighted by Crippen LogP contribution is 2.57. The van der Waals surface area contributed by atoms with Gasteiger partial charge in [-0.05, 0) is 51.0 Å². The van der Waals surface area contributed by atoms with E-state index >= 15 is 0 Å². The van der Waals surface area contributed by atoms with Crippen molar-refractivity contribution in [2.24, 2.45) is 10.9 Å². The van der Waals surface area contributed by atoms with E-state index in [1.165, 1.54) is 0 Å². The highest BCUT2D eigenvalue weighted by atomic mass is 19.1. The normalized spacial score (nSPS) is 26.1. The number of amides is 1. The second kappa shape index (κ2) is 5.93. The Balaban J connectivity index is 1.70. The van der Waals surface area contributed by atoms with Gasteiger partial charge in [0.2, 0.25) is 0 Å². The van der Waals surface area contributed by atoms with E-state index in [0.717, 1.165) is 30.5 Å². The van der Waals surface area contributed by atoms with E-state index in [9.17, 15) is 9.18 Å². The van der Waals surface area contributed by atoms with Crippen LogP contribution in [0.25, 0.3) is 0 Å². The molecule has 4 rings (SSSR count). The number of fused-ring (bicyclic) bond motifs is 3. The Morgan fingerprint density at radius 1 is 1.56 bits per heavy atom. The first kappa shape index (κ1) is 16.2. The Bertz CT molecular complexity index is 782. The molecule has 1 aromatic rings. The van der Waals surface area contributed by atoms with Crippen molar-refractivity contribution in [1.82, 2.24) is 15.1 Å². The Morgan fingerprint density at radius 3 is 2.96 bits per heavy atom. The van der Waals surface area contributed by atoms with Gasteiger partial charge in [-0.2, -0.15) is 5.10 Å². The van der Waals surface area contributed by atoms with E-state index in [0.29, 0.717) is 36.2 Å². The molecule has 5 nitrogen and oxygen atoms in total. The first-order valence-corrected chi connectivity index (χ1v) is 8.94. The van der Waals surface area contributed by atoms with Crippen LogP contribution in [0.4, 0.5) is 4.39 Å². The van der Waals surface area contributed by atoms with Gasteiger partial charge in [0.15, 0.2) is 11.5 Å². The average Bonchev–Trinajstić information content (AvgIpc) is 3.09. The van der Waals surface area contributed by atoms with Gasteiger partial charge in [-0.1, -0.05) is 12.7 Å². The largest absolute Gasteiger partial charge is 0.343 e. The van der Waals surface area contributed by atoms with Crippen LogP contribution in [0.2, 0.25) is 0 Å². The molecule has 0 spiro atoms. The minimum atomic E-state index is -0.685. The molecule has 1 heterocycles. The number of carbonyl (C=O) groups is 1. The minimum Gasteiger partial charge on any atom is -0.343 e. The lowest BCUT2D eigenvalue weighted by molar-refractivity contribution is 0.0767. The minimum absolute atomic E-state index is 0.261. The molecular formula is C19H23FN4O. The van der Waals surface area contributed by atoms with Gasteiger partial charge in [-0.25, -0.2) is 14.1 Å². The molecule has 0 saturated heterocycles. The number of nitrogens with zero attached hydrogens (tertiary/aromatic N) is 3. The SMILES string of the molecule is C=C/C(=N\C=C/C)n1nc(C(=O)NC2(CF)CCC2)c2c1[C@H]1C[C@H]1C2. The number of hydrogen-bond donors (Lipinski definition) is 1. The summed E-state index contributed by atoms with van der Waals surface area (Å²) in [5.74, 6) is 1.42. The molecule has 6 heteroatoms. The molecule has 0 aromatic carbocycles. The van der Waals surface area contributed by atoms with Gasteiger partial charge in [0.25, 0.3) is 5.91 Å². The number of alkyl halides is 1. The topological polar surface area (TPSA) is 59.3 Å². The van der Waals surface area contributed by atoms with E-state index in [1.54, 1.807) is 17.0 Å². The maximum atomic E-state index is 13.4. The molecule has 2 fully saturated rings. The number of nitrogens with one attached hydrogen (secondary N) is 1. The molecule has 1 amide bonds. The maximum Gasteiger partial charge on any atom is 0.272 e. The van der Waals surface area contributed by atoms with Crippen LogP contribution in [0.1, 0.15) is 60.3 Å². The summed E-state index contributed by atoms with van der Waals surface area (Å²) in [5, 5.41) is 7.46. The van der Waals surface area contributed by atoms with Crippen LogP contribution in [0, 0.1) is 5.92 Å². The van der Waals surface area contributed by atoms with Crippen LogP contribution in [0.3, 0.4) is 0 Å². The van der Waals surface area contributed by atoms with Crippen LogP contribution in [0.5, 0.6) is 0 Å². The number of halogens is 1. The molecule has 3 aliphatic rings. The fourth-order valence-corrected chi connectivity index (χ4v) is 4.01. The Morgan fingerprint density at radius 2 is 2.36 bits per heavy atom. The quantitative estimate of drug-likeness (QED) is 0.660. The van der Waals surface area contributed by atoms with Crippen molar-refractivity contribution in [3.8, 4) is 0 Å². The predicted molar refractivity (Wildman–Crippen MR) is 94.6 cm³/mol. The van der Waals surface area contributed by atoms with Gasteiger partial charge in [0, 0.05) is 17.7 Å². The van der Waals surface area contributed by atoms with Gasteiger partial charge < -0.3 is 5.32 Å². The second-order valence-corrected chi connectivity index (χ2v) is 7.33. The molecular weight excluding hydrogens is 319 g/mol. The van der Waals surface area contributed by atoms with Crippen LogP contribution in [-0.2, 0) is 6.42 Å². The number of rotatable bonds is 5. The summed E-state index contributed by atoms with van der Waals surface area (Å²) in [6, 6.07) is 0. The van der Waals surface area contributed by atoms with Crippen molar-refractivity contribution in [1.29, 1.82) is 0 Å². The van der Waals surface area contributed by atoms with Crippen molar-refractivity contribution < 1.29 is 9.18 Å². The van der Waals surface area contributed by atoms with Gasteiger partial charge >= 0.3 is 0 Å². The molecule has 0 aliphatic heterocycles. The van der Waals surface area contributed by atoms with E-state index in [1.807, 2.05) is 13.0 Å². The summed E-state index contributed by atoms with van der Waals surface area (Å²) < 4.78 is 15.1. The summed E-state index contributed by atoms with van der Waals surface area (Å²) in [6.07, 6.45) is 9.55. The molecule has 0 radical (unpaired) electrons. The summed E-state index contributed by atoms with van der Waals surface area (Å²) in [7, 11) is 0. The molecule has 2 saturated carbocycles. The first-order chi connectivity index (χ1) is 12.1. The maximum absolute atomic E-state index is 13.4. The standard InChI is InChI=1S/C19H23FN4O/c1-3-8-21-15(4-2)24-17-13-9-12(13)10-14(17)16(23-24)18(25)22-19(11-20)6-5-7-19/h3-4,8,12-13H,2,5-7,9-11H2,1H3,(H,22,25)/b8-3-,21-15+/t12-,13-/m0/s1. The summed E-state index contributed by atoms with van der Waals surface area (Å²) in [4.78, 5) is 17.2. The van der Waals surface area contributed by atoms with Crippen molar-refractivity contribution in [3.63, 3.8) is 0 Å². The number of hydrogen-bond acceptors (Lipinski definition) is 3. The molecule has 25 heavy (non-hydrogen) atoms. The van der Waals surface area contributed by atoms with Gasteiger partial charge in [0.1, 0.15) is 6.67 Å². The third-order valence-corrected chi connectivity index (χ3v) is 5.68. The summed E-state index contributed by atoms with van der Waals surface area (Å²) in [6.45, 7) is 5.20. The number of allylic oxidation sites excluding steroid dienone is 2. The highest BCUT2D eigenvalue weighted by Gasteiger charge is 2.51. The van der Waals surface area contributed by atoms with Crippen molar-refractivity contribution in [3.05, 3.63) is 41.9 Å². The van der Waals surface area contributed by atoms with E-state index in [-0.39, 0.29) is 5.91 Å². The highest BCUT2D eigenvalue weighted by molar-refractivity contribution is 5.99. The zero-order valence-electron chi connectivity index (χ0n) is 14.5. The number of aromatic nitrogens is 2. The zero-order valence-corrected chi connectivity index (χ0v) is 14.5. The van der Waals surface area contributed by atoms with Gasteiger partial charge in [-0.3, -0.25) is 4.79 Å². The Hall–Kier alpha value is -2.24. The second-order valence-electron chi connectivity index (χ2n) is 7.33. The summed E-state index contributed by atoms with van der Waals surface area (Å²) in [5.41, 5.74) is 1.83. The predicted octanol–water partition coefficient (Wildman–Crippen LogP) is 3.13. The third kappa shape index (κ3) is 2.55. The van der Waals surface area contributed by atoms with E-state index in [4.69, 9.17) is 0 Å². The van der Waals surface area contributed by atoms with Crippen LogP contribution < -0.4 is 5.32 Å². The zero-order chi connectivity index (χ0) is 17.6. The molecule has 132 valence electrons. The lowest BCUT2D eigenvalue weighted by Crippen LogP contribution is -2.55. The number of aliphatic imine (C=N–C) groups is 1. The van der Waals surface area contributed by atoms with Crippen LogP contribution >= 0.6 is 0 Å². The molecule has 1 N–H and O–H groups in total. The molecule has 2 atom stereocenters. The lowest BCUT2D eigenvalue weighted by atomic mass is 9.77. The Kier molecular flexibility index (Phi) is 3.85. The van der Waals surface area contributed by atoms with Crippen molar-refractivity contribution in [2.75, 3.05) is 6.67 Å². The molecule has 1 aromatic heterocycles. The Labute approximate surface area is 146 Å². The first-order valence-electron chi connectivity index (χ1n) is 8.94.